The Kier molecular flexibility index (Phi) is 6.20. The molecule has 4 aliphatic carbocycles. The van der Waals surface area contributed by atoms with Crippen molar-refractivity contribution in [2.75, 3.05) is 5.75 Å². The number of hydrogen-bond donors (Lipinski definition) is 3. The molecule has 6 rings (SSSR count). The molecule has 202 valence electrons. The Bertz CT molecular complexity index is 1310. The van der Waals surface area contributed by atoms with Crippen LogP contribution in [-0.2, 0) is 9.59 Å². The molecule has 7 atom stereocenters. The number of H-pyrrole nitrogens is 1. The number of aliphatic hydroxyl groups is 2. The number of aliphatic hydroxyl groups excluding tert-OH is 1. The zero-order chi connectivity index (χ0) is 26.9. The molecule has 3 N–H and O–H groups in total. The molecule has 3 fully saturated rings. The van der Waals surface area contributed by atoms with Crippen LogP contribution in [0, 0.1) is 34.4 Å². The number of nitrogens with zero attached hydrogens (tertiary/aromatic N) is 2. The maximum Gasteiger partial charge on any atom is 0.184 e. The number of Topliss-reactive ketones (excluding diaryl/α,β-unsaturated/α-hetero) is 1. The van der Waals surface area contributed by atoms with Gasteiger partial charge in [-0.1, -0.05) is 31.2 Å². The Hall–Kier alpha value is -2.36. The van der Waals surface area contributed by atoms with Crippen molar-refractivity contribution in [3.05, 3.63) is 41.7 Å². The molecular formula is C29H34FN3O4S. The third-order valence-corrected chi connectivity index (χ3v) is 11.3. The fourth-order valence-corrected chi connectivity index (χ4v) is 9.21. The number of aromatic nitrogens is 3. The van der Waals surface area contributed by atoms with Gasteiger partial charge in [-0.05, 0) is 92.0 Å². The number of carbonyl (C=O) groups excluding carboxylic acids is 2. The van der Waals surface area contributed by atoms with Crippen LogP contribution in [0.15, 0.2) is 41.1 Å². The van der Waals surface area contributed by atoms with Gasteiger partial charge >= 0.3 is 0 Å². The fraction of sp³-hybridized carbons (Fsp3) is 0.586. The maximum atomic E-state index is 13.6. The quantitative estimate of drug-likeness (QED) is 0.479. The van der Waals surface area contributed by atoms with Gasteiger partial charge in [0.1, 0.15) is 11.4 Å². The number of allylic oxidation sites excluding steroid dienone is 1. The van der Waals surface area contributed by atoms with E-state index < -0.39 is 17.1 Å². The van der Waals surface area contributed by atoms with Gasteiger partial charge in [-0.15, -0.1) is 0 Å². The number of nitrogens with one attached hydrogen (secondary N) is 1. The van der Waals surface area contributed by atoms with Gasteiger partial charge in [-0.2, -0.15) is 5.10 Å². The lowest BCUT2D eigenvalue weighted by Crippen LogP contribution is -2.61. The third-order valence-electron chi connectivity index (χ3n) is 10.4. The van der Waals surface area contributed by atoms with Crippen molar-refractivity contribution in [3.63, 3.8) is 0 Å². The minimum absolute atomic E-state index is 0.0355. The van der Waals surface area contributed by atoms with E-state index in [-0.39, 0.29) is 46.3 Å². The largest absolute Gasteiger partial charge is 0.393 e. The molecule has 2 aromatic rings. The van der Waals surface area contributed by atoms with Crippen LogP contribution in [0.3, 0.4) is 0 Å². The van der Waals surface area contributed by atoms with Crippen LogP contribution in [0.2, 0.25) is 0 Å². The van der Waals surface area contributed by atoms with Crippen molar-refractivity contribution in [2.24, 2.45) is 28.6 Å². The second kappa shape index (κ2) is 9.10. The molecule has 3 saturated carbocycles. The Balaban J connectivity index is 1.19. The Morgan fingerprint density at radius 3 is 2.71 bits per heavy atom. The SMILES string of the molecule is CC12CCC(=O)C=C1CCC1C2[C@@H](O)CC2(C)C1CC[C@]2(O)C(=O)CSc1nc(-c2ccc(F)cc2)n[nH]1. The van der Waals surface area contributed by atoms with Crippen LogP contribution in [-0.4, -0.2) is 54.4 Å². The lowest BCUT2D eigenvalue weighted by atomic mass is 9.45. The minimum Gasteiger partial charge on any atom is -0.393 e. The predicted octanol–water partition coefficient (Wildman–Crippen LogP) is 4.51. The molecular weight excluding hydrogens is 505 g/mol. The second-order valence-electron chi connectivity index (χ2n) is 12.2. The summed E-state index contributed by atoms with van der Waals surface area (Å²) in [5.41, 5.74) is -0.598. The molecule has 0 saturated heterocycles. The molecule has 0 bridgehead atoms. The molecule has 0 amide bonds. The number of carbonyl (C=O) groups is 2. The van der Waals surface area contributed by atoms with Gasteiger partial charge in [0.2, 0.25) is 0 Å². The topological polar surface area (TPSA) is 116 Å². The highest BCUT2D eigenvalue weighted by atomic mass is 32.2. The van der Waals surface area contributed by atoms with Crippen LogP contribution in [0.4, 0.5) is 4.39 Å². The van der Waals surface area contributed by atoms with Crippen LogP contribution in [0.5, 0.6) is 0 Å². The number of aromatic amines is 1. The molecule has 1 aromatic carbocycles. The highest BCUT2D eigenvalue weighted by Gasteiger charge is 2.68. The Morgan fingerprint density at radius 2 is 1.95 bits per heavy atom. The fourth-order valence-electron chi connectivity index (χ4n) is 8.44. The number of halogens is 1. The van der Waals surface area contributed by atoms with Gasteiger partial charge in [-0.3, -0.25) is 14.7 Å². The average molecular weight is 540 g/mol. The van der Waals surface area contributed by atoms with E-state index >= 15 is 0 Å². The summed E-state index contributed by atoms with van der Waals surface area (Å²) in [5, 5.41) is 30.9. The van der Waals surface area contributed by atoms with Gasteiger partial charge in [0, 0.05) is 17.4 Å². The van der Waals surface area contributed by atoms with Crippen LogP contribution >= 0.6 is 11.8 Å². The first-order valence-electron chi connectivity index (χ1n) is 13.5. The van der Waals surface area contributed by atoms with E-state index in [4.69, 9.17) is 0 Å². The summed E-state index contributed by atoms with van der Waals surface area (Å²) in [7, 11) is 0. The standard InChI is InChI=1S/C29H34FN3O4S/c1-27-11-9-19(34)13-17(27)5-8-20-21-10-12-29(37,28(21,2)14-22(35)24(20)27)23(36)15-38-26-31-25(32-33-26)16-3-6-18(30)7-4-16/h3-4,6-7,13,20-22,24,35,37H,5,8-12,14-15H2,1-2H3,(H,31,32,33)/t20?,21?,22-,24?,27?,28?,29-/m0/s1. The normalized spacial score (nSPS) is 38.2. The van der Waals surface area contributed by atoms with Crippen molar-refractivity contribution >= 4 is 23.3 Å². The Labute approximate surface area is 225 Å². The predicted molar refractivity (Wildman–Crippen MR) is 141 cm³/mol. The van der Waals surface area contributed by atoms with E-state index in [9.17, 15) is 24.2 Å². The molecule has 38 heavy (non-hydrogen) atoms. The first kappa shape index (κ1) is 25.9. The van der Waals surface area contributed by atoms with Gasteiger partial charge in [0.25, 0.3) is 0 Å². The van der Waals surface area contributed by atoms with E-state index in [1.54, 1.807) is 12.1 Å². The summed E-state index contributed by atoms with van der Waals surface area (Å²) >= 11 is 1.19. The maximum absolute atomic E-state index is 13.6. The molecule has 1 heterocycles. The molecule has 5 unspecified atom stereocenters. The zero-order valence-electron chi connectivity index (χ0n) is 21.7. The molecule has 1 aromatic heterocycles. The van der Waals surface area contributed by atoms with Gasteiger partial charge in [-0.25, -0.2) is 9.37 Å². The van der Waals surface area contributed by atoms with Crippen molar-refractivity contribution < 1.29 is 24.2 Å². The van der Waals surface area contributed by atoms with E-state index in [0.29, 0.717) is 35.8 Å². The molecule has 0 spiro atoms. The van der Waals surface area contributed by atoms with Crippen molar-refractivity contribution in [1.29, 1.82) is 0 Å². The number of benzene rings is 1. The van der Waals surface area contributed by atoms with Gasteiger partial charge < -0.3 is 10.2 Å². The van der Waals surface area contributed by atoms with Crippen molar-refractivity contribution in [1.82, 2.24) is 15.2 Å². The second-order valence-corrected chi connectivity index (χ2v) is 13.1. The van der Waals surface area contributed by atoms with Crippen LogP contribution in [0.1, 0.15) is 58.8 Å². The summed E-state index contributed by atoms with van der Waals surface area (Å²) < 4.78 is 13.2. The van der Waals surface area contributed by atoms with Gasteiger partial charge in [0.15, 0.2) is 22.5 Å². The summed E-state index contributed by atoms with van der Waals surface area (Å²) in [6.07, 6.45) is 5.68. The molecule has 0 aliphatic heterocycles. The lowest BCUT2D eigenvalue weighted by molar-refractivity contribution is -0.178. The number of fused-ring (bicyclic) bond motifs is 5. The number of hydrogen-bond acceptors (Lipinski definition) is 7. The van der Waals surface area contributed by atoms with E-state index in [0.717, 1.165) is 25.7 Å². The lowest BCUT2D eigenvalue weighted by Gasteiger charge is -2.60. The number of ketones is 2. The summed E-state index contributed by atoms with van der Waals surface area (Å²) in [6, 6.07) is 5.88. The smallest absolute Gasteiger partial charge is 0.184 e. The summed E-state index contributed by atoms with van der Waals surface area (Å²) in [4.78, 5) is 30.1. The first-order valence-corrected chi connectivity index (χ1v) is 14.5. The third kappa shape index (κ3) is 3.84. The van der Waals surface area contributed by atoms with Gasteiger partial charge in [0.05, 0.1) is 11.9 Å². The molecule has 0 radical (unpaired) electrons. The van der Waals surface area contributed by atoms with Crippen molar-refractivity contribution in [2.45, 2.75) is 75.7 Å². The van der Waals surface area contributed by atoms with E-state index in [2.05, 4.69) is 22.1 Å². The number of thioether (sulfide) groups is 1. The summed E-state index contributed by atoms with van der Waals surface area (Å²) in [6.45, 7) is 4.19. The number of rotatable bonds is 5. The molecule has 9 heteroatoms. The first-order chi connectivity index (χ1) is 18.0. The monoisotopic (exact) mass is 539 g/mol. The highest BCUT2D eigenvalue weighted by Crippen LogP contribution is 2.67. The van der Waals surface area contributed by atoms with Crippen LogP contribution in [0.25, 0.3) is 11.4 Å². The van der Waals surface area contributed by atoms with E-state index in [1.807, 2.05) is 13.0 Å². The highest BCUT2D eigenvalue weighted by molar-refractivity contribution is 7.99. The summed E-state index contributed by atoms with van der Waals surface area (Å²) in [5.74, 6) is 0.435. The minimum atomic E-state index is -1.52. The van der Waals surface area contributed by atoms with Crippen molar-refractivity contribution in [3.8, 4) is 11.4 Å². The Morgan fingerprint density at radius 1 is 1.18 bits per heavy atom. The van der Waals surface area contributed by atoms with E-state index in [1.165, 1.54) is 29.5 Å². The zero-order valence-corrected chi connectivity index (χ0v) is 22.6. The molecule has 7 nitrogen and oxygen atoms in total. The van der Waals surface area contributed by atoms with Crippen LogP contribution < -0.4 is 0 Å². The average Bonchev–Trinajstić information content (AvgIpc) is 3.46. The molecule has 4 aliphatic rings.